The van der Waals surface area contributed by atoms with Crippen LogP contribution < -0.4 is 5.32 Å². The molecule has 1 rings (SSSR count). The van der Waals surface area contributed by atoms with Crippen molar-refractivity contribution in [2.75, 3.05) is 7.05 Å². The van der Waals surface area contributed by atoms with Crippen molar-refractivity contribution < 1.29 is 0 Å². The van der Waals surface area contributed by atoms with E-state index in [0.29, 0.717) is 5.92 Å². The second-order valence-electron chi connectivity index (χ2n) is 3.46. The number of halogens is 2. The Kier molecular flexibility index (Phi) is 5.49. The molecule has 0 aliphatic rings. The summed E-state index contributed by atoms with van der Waals surface area (Å²) in [6.45, 7) is 5.02. The normalized spacial score (nSPS) is 10.4. The summed E-state index contributed by atoms with van der Waals surface area (Å²) in [5.41, 5.74) is 2.20. The van der Waals surface area contributed by atoms with Gasteiger partial charge >= 0.3 is 0 Å². The van der Waals surface area contributed by atoms with Crippen LogP contribution >= 0.6 is 24.0 Å². The highest BCUT2D eigenvalue weighted by Gasteiger charge is 2.15. The Bertz CT molecular complexity index is 294. The van der Waals surface area contributed by atoms with E-state index in [1.54, 1.807) is 4.68 Å². The van der Waals surface area contributed by atoms with E-state index in [2.05, 4.69) is 24.3 Å². The van der Waals surface area contributed by atoms with Crippen molar-refractivity contribution in [2.24, 2.45) is 7.05 Å². The number of nitrogens with zero attached hydrogens (tertiary/aromatic N) is 2. The third-order valence-corrected chi connectivity index (χ3v) is 2.47. The van der Waals surface area contributed by atoms with Gasteiger partial charge < -0.3 is 5.32 Å². The molecule has 0 radical (unpaired) electrons. The van der Waals surface area contributed by atoms with Crippen LogP contribution in [0.15, 0.2) is 0 Å². The van der Waals surface area contributed by atoms with E-state index in [0.717, 1.165) is 23.0 Å². The van der Waals surface area contributed by atoms with Gasteiger partial charge in [-0.3, -0.25) is 4.68 Å². The second kappa shape index (κ2) is 5.59. The monoisotopic (exact) mass is 237 g/mol. The van der Waals surface area contributed by atoms with E-state index in [4.69, 9.17) is 11.6 Å². The summed E-state index contributed by atoms with van der Waals surface area (Å²) in [6, 6.07) is 0. The van der Waals surface area contributed by atoms with Crippen LogP contribution in [0.5, 0.6) is 0 Å². The van der Waals surface area contributed by atoms with Crippen LogP contribution in [0.3, 0.4) is 0 Å². The Balaban J connectivity index is 0.00000169. The largest absolute Gasteiger partial charge is 0.316 e. The van der Waals surface area contributed by atoms with Crippen molar-refractivity contribution in [1.82, 2.24) is 15.1 Å². The molecule has 0 aliphatic heterocycles. The standard InChI is InChI=1S/C9H16ClN3.ClH/c1-6(2)8-7(5-11-3)9(10)13(4)12-8;/h6,11H,5H2,1-4H3;1H. The smallest absolute Gasteiger partial charge is 0.131 e. The maximum atomic E-state index is 6.10. The fourth-order valence-electron chi connectivity index (χ4n) is 1.37. The first-order valence-electron chi connectivity index (χ1n) is 4.43. The number of hydrogen-bond acceptors (Lipinski definition) is 2. The summed E-state index contributed by atoms with van der Waals surface area (Å²) in [7, 11) is 3.78. The Hall–Kier alpha value is -0.250. The summed E-state index contributed by atoms with van der Waals surface area (Å²) < 4.78 is 1.73. The SMILES string of the molecule is CNCc1c(C(C)C)nn(C)c1Cl.Cl. The minimum atomic E-state index is 0. The zero-order valence-electron chi connectivity index (χ0n) is 8.97. The first-order valence-corrected chi connectivity index (χ1v) is 4.81. The minimum absolute atomic E-state index is 0. The van der Waals surface area contributed by atoms with Crippen molar-refractivity contribution >= 4 is 24.0 Å². The molecule has 0 amide bonds. The van der Waals surface area contributed by atoms with Crippen molar-refractivity contribution in [3.05, 3.63) is 16.4 Å². The molecular formula is C9H17Cl2N3. The molecule has 0 fully saturated rings. The van der Waals surface area contributed by atoms with Crippen LogP contribution in [0.2, 0.25) is 5.15 Å². The molecular weight excluding hydrogens is 221 g/mol. The lowest BCUT2D eigenvalue weighted by Gasteiger charge is -2.04. The van der Waals surface area contributed by atoms with Gasteiger partial charge in [0.2, 0.25) is 0 Å². The summed E-state index contributed by atoms with van der Waals surface area (Å²) in [5, 5.41) is 8.20. The Labute approximate surface area is 96.2 Å². The Morgan fingerprint density at radius 3 is 2.50 bits per heavy atom. The maximum absolute atomic E-state index is 6.10. The number of nitrogens with one attached hydrogen (secondary N) is 1. The molecule has 0 saturated heterocycles. The molecule has 0 bridgehead atoms. The molecule has 0 atom stereocenters. The predicted molar refractivity (Wildman–Crippen MR) is 62.3 cm³/mol. The van der Waals surface area contributed by atoms with Gasteiger partial charge in [0.05, 0.1) is 5.69 Å². The predicted octanol–water partition coefficient (Wildman–Crippen LogP) is 2.34. The highest BCUT2D eigenvalue weighted by molar-refractivity contribution is 6.30. The molecule has 1 N–H and O–H groups in total. The molecule has 82 valence electrons. The average molecular weight is 238 g/mol. The lowest BCUT2D eigenvalue weighted by molar-refractivity contribution is 0.709. The molecule has 3 nitrogen and oxygen atoms in total. The van der Waals surface area contributed by atoms with Gasteiger partial charge in [-0.2, -0.15) is 5.10 Å². The number of aromatic nitrogens is 2. The first-order chi connectivity index (χ1) is 6.07. The lowest BCUT2D eigenvalue weighted by atomic mass is 10.1. The second-order valence-corrected chi connectivity index (χ2v) is 3.82. The van der Waals surface area contributed by atoms with E-state index >= 15 is 0 Å². The highest BCUT2D eigenvalue weighted by atomic mass is 35.5. The van der Waals surface area contributed by atoms with Crippen LogP contribution in [0.1, 0.15) is 31.0 Å². The minimum Gasteiger partial charge on any atom is -0.316 e. The number of rotatable bonds is 3. The molecule has 0 aromatic carbocycles. The van der Waals surface area contributed by atoms with Crippen LogP contribution in [0, 0.1) is 0 Å². The number of hydrogen-bond donors (Lipinski definition) is 1. The zero-order valence-corrected chi connectivity index (χ0v) is 10.5. The molecule has 14 heavy (non-hydrogen) atoms. The summed E-state index contributed by atoms with van der Waals surface area (Å²) >= 11 is 6.10. The summed E-state index contributed by atoms with van der Waals surface area (Å²) in [4.78, 5) is 0. The highest BCUT2D eigenvalue weighted by Crippen LogP contribution is 2.24. The molecule has 0 saturated carbocycles. The van der Waals surface area contributed by atoms with Gasteiger partial charge in [-0.1, -0.05) is 25.4 Å². The van der Waals surface area contributed by atoms with Gasteiger partial charge in [-0.15, -0.1) is 12.4 Å². The van der Waals surface area contributed by atoms with Gasteiger partial charge in [0, 0.05) is 19.2 Å². The third-order valence-electron chi connectivity index (χ3n) is 2.00. The molecule has 0 aliphatic carbocycles. The van der Waals surface area contributed by atoms with Crippen LogP contribution in [0.4, 0.5) is 0 Å². The number of aryl methyl sites for hydroxylation is 1. The Morgan fingerprint density at radius 1 is 1.50 bits per heavy atom. The van der Waals surface area contributed by atoms with E-state index < -0.39 is 0 Å². The molecule has 1 heterocycles. The van der Waals surface area contributed by atoms with Crippen LogP contribution in [-0.4, -0.2) is 16.8 Å². The van der Waals surface area contributed by atoms with Gasteiger partial charge in [-0.05, 0) is 13.0 Å². The third kappa shape index (κ3) is 2.62. The van der Waals surface area contributed by atoms with Crippen LogP contribution in [0.25, 0.3) is 0 Å². The van der Waals surface area contributed by atoms with Gasteiger partial charge in [-0.25, -0.2) is 0 Å². The maximum Gasteiger partial charge on any atom is 0.131 e. The van der Waals surface area contributed by atoms with Crippen molar-refractivity contribution in [2.45, 2.75) is 26.3 Å². The molecule has 5 heteroatoms. The molecule has 0 unspecified atom stereocenters. The van der Waals surface area contributed by atoms with Crippen molar-refractivity contribution in [1.29, 1.82) is 0 Å². The van der Waals surface area contributed by atoms with Crippen LogP contribution in [-0.2, 0) is 13.6 Å². The van der Waals surface area contributed by atoms with Gasteiger partial charge in [0.15, 0.2) is 0 Å². The fraction of sp³-hybridized carbons (Fsp3) is 0.667. The molecule has 0 spiro atoms. The quantitative estimate of drug-likeness (QED) is 0.875. The fourth-order valence-corrected chi connectivity index (χ4v) is 1.57. The topological polar surface area (TPSA) is 29.9 Å². The lowest BCUT2D eigenvalue weighted by Crippen LogP contribution is -2.07. The van der Waals surface area contributed by atoms with E-state index in [9.17, 15) is 0 Å². The van der Waals surface area contributed by atoms with E-state index in [1.165, 1.54) is 0 Å². The average Bonchev–Trinajstić information content (AvgIpc) is 2.33. The van der Waals surface area contributed by atoms with Gasteiger partial charge in [0.1, 0.15) is 5.15 Å². The molecule has 1 aromatic rings. The van der Waals surface area contributed by atoms with E-state index in [1.807, 2.05) is 14.1 Å². The summed E-state index contributed by atoms with van der Waals surface area (Å²) in [5.74, 6) is 0.419. The Morgan fingerprint density at radius 2 is 2.07 bits per heavy atom. The first kappa shape index (κ1) is 13.8. The van der Waals surface area contributed by atoms with Gasteiger partial charge in [0.25, 0.3) is 0 Å². The zero-order chi connectivity index (χ0) is 10.0. The summed E-state index contributed by atoms with van der Waals surface area (Å²) in [6.07, 6.45) is 0. The molecule has 1 aromatic heterocycles. The van der Waals surface area contributed by atoms with Crippen molar-refractivity contribution in [3.8, 4) is 0 Å². The van der Waals surface area contributed by atoms with Crippen molar-refractivity contribution in [3.63, 3.8) is 0 Å². The van der Waals surface area contributed by atoms with E-state index in [-0.39, 0.29) is 12.4 Å².